The fourth-order valence-electron chi connectivity index (χ4n) is 2.06. The number of methoxy groups -OCH3 is 1. The Morgan fingerprint density at radius 3 is 2.73 bits per heavy atom. The predicted octanol–water partition coefficient (Wildman–Crippen LogP) is 2.81. The zero-order chi connectivity index (χ0) is 10.9. The maximum atomic E-state index is 6.06. The monoisotopic (exact) mass is 231 g/mol. The predicted molar refractivity (Wildman–Crippen MR) is 68.4 cm³/mol. The summed E-state index contributed by atoms with van der Waals surface area (Å²) >= 11 is 2.10. The van der Waals surface area contributed by atoms with E-state index in [2.05, 4.69) is 11.8 Å². The van der Waals surface area contributed by atoms with Gasteiger partial charge in [0.05, 0.1) is 0 Å². The van der Waals surface area contributed by atoms with Gasteiger partial charge in [-0.05, 0) is 25.7 Å². The van der Waals surface area contributed by atoms with Crippen molar-refractivity contribution in [3.8, 4) is 0 Å². The lowest BCUT2D eigenvalue weighted by Gasteiger charge is -2.22. The third-order valence-electron chi connectivity index (χ3n) is 3.02. The lowest BCUT2D eigenvalue weighted by atomic mass is 10.0. The SMILES string of the molecule is COCCCC(N)CSC1CCCCC1. The van der Waals surface area contributed by atoms with Crippen LogP contribution >= 0.6 is 11.8 Å². The van der Waals surface area contributed by atoms with E-state index < -0.39 is 0 Å². The van der Waals surface area contributed by atoms with Crippen LogP contribution in [0.2, 0.25) is 0 Å². The Balaban J connectivity index is 1.97. The molecule has 0 aromatic rings. The number of hydrogen-bond donors (Lipinski definition) is 1. The first-order valence-electron chi connectivity index (χ1n) is 6.19. The molecule has 1 saturated carbocycles. The van der Waals surface area contributed by atoms with Gasteiger partial charge in [-0.3, -0.25) is 0 Å². The molecule has 0 amide bonds. The average Bonchev–Trinajstić information content (AvgIpc) is 2.28. The van der Waals surface area contributed by atoms with Crippen molar-refractivity contribution in [3.05, 3.63) is 0 Å². The molecule has 1 unspecified atom stereocenters. The van der Waals surface area contributed by atoms with Crippen LogP contribution in [0.5, 0.6) is 0 Å². The van der Waals surface area contributed by atoms with Crippen LogP contribution in [-0.2, 0) is 4.74 Å². The highest BCUT2D eigenvalue weighted by Crippen LogP contribution is 2.28. The van der Waals surface area contributed by atoms with E-state index in [1.807, 2.05) is 0 Å². The molecule has 1 aliphatic carbocycles. The molecule has 0 spiro atoms. The van der Waals surface area contributed by atoms with Crippen molar-refractivity contribution < 1.29 is 4.74 Å². The van der Waals surface area contributed by atoms with E-state index in [0.717, 1.165) is 30.5 Å². The first kappa shape index (κ1) is 13.3. The van der Waals surface area contributed by atoms with E-state index in [4.69, 9.17) is 10.5 Å². The van der Waals surface area contributed by atoms with Crippen molar-refractivity contribution in [2.24, 2.45) is 5.73 Å². The Kier molecular flexibility index (Phi) is 7.49. The zero-order valence-electron chi connectivity index (χ0n) is 9.91. The van der Waals surface area contributed by atoms with Crippen LogP contribution in [0.1, 0.15) is 44.9 Å². The quantitative estimate of drug-likeness (QED) is 0.684. The molecule has 2 nitrogen and oxygen atoms in total. The summed E-state index contributed by atoms with van der Waals surface area (Å²) in [5, 5.41) is 0.896. The molecule has 0 bridgehead atoms. The van der Waals surface area contributed by atoms with Crippen molar-refractivity contribution in [2.75, 3.05) is 19.5 Å². The summed E-state index contributed by atoms with van der Waals surface area (Å²) in [6.07, 6.45) is 9.32. The van der Waals surface area contributed by atoms with Crippen molar-refractivity contribution in [1.82, 2.24) is 0 Å². The molecular weight excluding hydrogens is 206 g/mol. The van der Waals surface area contributed by atoms with Gasteiger partial charge in [-0.25, -0.2) is 0 Å². The van der Waals surface area contributed by atoms with Crippen molar-refractivity contribution in [3.63, 3.8) is 0 Å². The molecule has 1 rings (SSSR count). The van der Waals surface area contributed by atoms with Crippen LogP contribution in [0.25, 0.3) is 0 Å². The summed E-state index contributed by atoms with van der Waals surface area (Å²) in [7, 11) is 1.75. The van der Waals surface area contributed by atoms with Gasteiger partial charge >= 0.3 is 0 Å². The fraction of sp³-hybridized carbons (Fsp3) is 1.00. The summed E-state index contributed by atoms with van der Waals surface area (Å²) in [5.74, 6) is 1.13. The van der Waals surface area contributed by atoms with Crippen LogP contribution in [0, 0.1) is 0 Å². The largest absolute Gasteiger partial charge is 0.385 e. The molecule has 0 aliphatic heterocycles. The van der Waals surface area contributed by atoms with Gasteiger partial charge < -0.3 is 10.5 Å². The normalized spacial score (nSPS) is 20.4. The van der Waals surface area contributed by atoms with Gasteiger partial charge in [-0.1, -0.05) is 19.3 Å². The molecule has 0 saturated heterocycles. The highest BCUT2D eigenvalue weighted by Gasteiger charge is 2.14. The second-order valence-electron chi connectivity index (χ2n) is 4.49. The molecule has 0 radical (unpaired) electrons. The van der Waals surface area contributed by atoms with Gasteiger partial charge in [0.15, 0.2) is 0 Å². The summed E-state index contributed by atoms with van der Waals surface area (Å²) in [5.41, 5.74) is 6.06. The minimum absolute atomic E-state index is 0.368. The second kappa shape index (κ2) is 8.43. The maximum absolute atomic E-state index is 6.06. The minimum Gasteiger partial charge on any atom is -0.385 e. The van der Waals surface area contributed by atoms with Crippen LogP contribution in [-0.4, -0.2) is 30.8 Å². The molecule has 15 heavy (non-hydrogen) atoms. The van der Waals surface area contributed by atoms with Gasteiger partial charge in [-0.2, -0.15) is 11.8 Å². The number of thioether (sulfide) groups is 1. The standard InChI is InChI=1S/C12H25NOS/c1-14-9-5-6-11(13)10-15-12-7-3-2-4-8-12/h11-12H,2-10,13H2,1H3. The zero-order valence-corrected chi connectivity index (χ0v) is 10.7. The van der Waals surface area contributed by atoms with E-state index in [9.17, 15) is 0 Å². The molecular formula is C12H25NOS. The van der Waals surface area contributed by atoms with Gasteiger partial charge in [0.2, 0.25) is 0 Å². The lowest BCUT2D eigenvalue weighted by Crippen LogP contribution is -2.25. The van der Waals surface area contributed by atoms with Crippen LogP contribution < -0.4 is 5.73 Å². The second-order valence-corrected chi connectivity index (χ2v) is 5.82. The van der Waals surface area contributed by atoms with E-state index in [0.29, 0.717) is 6.04 Å². The third kappa shape index (κ3) is 6.44. The van der Waals surface area contributed by atoms with Gasteiger partial charge in [0.25, 0.3) is 0 Å². The van der Waals surface area contributed by atoms with Gasteiger partial charge in [0.1, 0.15) is 0 Å². The van der Waals surface area contributed by atoms with Gasteiger partial charge in [-0.15, -0.1) is 0 Å². The van der Waals surface area contributed by atoms with Crippen molar-refractivity contribution in [1.29, 1.82) is 0 Å². The number of ether oxygens (including phenoxy) is 1. The molecule has 1 fully saturated rings. The smallest absolute Gasteiger partial charge is 0.0462 e. The lowest BCUT2D eigenvalue weighted by molar-refractivity contribution is 0.191. The molecule has 0 aromatic carbocycles. The Hall–Kier alpha value is 0.270. The highest BCUT2D eigenvalue weighted by atomic mass is 32.2. The average molecular weight is 231 g/mol. The Labute approximate surface area is 98.3 Å². The van der Waals surface area contributed by atoms with Gasteiger partial charge in [0, 0.05) is 30.8 Å². The molecule has 90 valence electrons. The van der Waals surface area contributed by atoms with Crippen molar-refractivity contribution >= 4 is 11.8 Å². The van der Waals surface area contributed by atoms with Crippen LogP contribution in [0.15, 0.2) is 0 Å². The third-order valence-corrected chi connectivity index (χ3v) is 4.58. The van der Waals surface area contributed by atoms with E-state index in [-0.39, 0.29) is 0 Å². The molecule has 1 atom stereocenters. The number of rotatable bonds is 7. The van der Waals surface area contributed by atoms with E-state index in [1.165, 1.54) is 32.1 Å². The Bertz CT molecular complexity index is 149. The Morgan fingerprint density at radius 1 is 1.33 bits per heavy atom. The highest BCUT2D eigenvalue weighted by molar-refractivity contribution is 7.99. The summed E-state index contributed by atoms with van der Waals surface area (Å²) in [4.78, 5) is 0. The molecule has 2 N–H and O–H groups in total. The maximum Gasteiger partial charge on any atom is 0.0462 e. The topological polar surface area (TPSA) is 35.2 Å². The summed E-state index contributed by atoms with van der Waals surface area (Å²) in [6.45, 7) is 0.849. The minimum atomic E-state index is 0.368. The molecule has 0 heterocycles. The first-order chi connectivity index (χ1) is 7.33. The van der Waals surface area contributed by atoms with Crippen LogP contribution in [0.4, 0.5) is 0 Å². The summed E-state index contributed by atoms with van der Waals surface area (Å²) < 4.78 is 5.02. The number of hydrogen-bond acceptors (Lipinski definition) is 3. The fourth-order valence-corrected chi connectivity index (χ4v) is 3.42. The van der Waals surface area contributed by atoms with E-state index in [1.54, 1.807) is 7.11 Å². The molecule has 3 heteroatoms. The van der Waals surface area contributed by atoms with Crippen LogP contribution in [0.3, 0.4) is 0 Å². The Morgan fingerprint density at radius 2 is 2.07 bits per heavy atom. The molecule has 0 aromatic heterocycles. The first-order valence-corrected chi connectivity index (χ1v) is 7.24. The summed E-state index contributed by atoms with van der Waals surface area (Å²) in [6, 6.07) is 0.368. The van der Waals surface area contributed by atoms with Crippen molar-refractivity contribution in [2.45, 2.75) is 56.2 Å². The number of nitrogens with two attached hydrogens (primary N) is 1. The van der Waals surface area contributed by atoms with E-state index >= 15 is 0 Å². The molecule has 1 aliphatic rings.